The van der Waals surface area contributed by atoms with Gasteiger partial charge in [0.1, 0.15) is 0 Å². The van der Waals surface area contributed by atoms with E-state index >= 15 is 0 Å². The Labute approximate surface area is 143 Å². The second-order valence-corrected chi connectivity index (χ2v) is 6.70. The number of benzene rings is 1. The van der Waals surface area contributed by atoms with Gasteiger partial charge < -0.3 is 5.73 Å². The Balaban J connectivity index is 2.13. The van der Waals surface area contributed by atoms with Crippen LogP contribution in [0.3, 0.4) is 0 Å². The van der Waals surface area contributed by atoms with Crippen LogP contribution < -0.4 is 5.73 Å². The molecular formula is C15H18BrCl2N3. The Morgan fingerprint density at radius 1 is 1.33 bits per heavy atom. The van der Waals surface area contributed by atoms with Gasteiger partial charge in [0, 0.05) is 29.1 Å². The molecular weight excluding hydrogens is 373 g/mol. The molecule has 1 aromatic carbocycles. The summed E-state index contributed by atoms with van der Waals surface area (Å²) in [6.07, 6.45) is 1.45. The van der Waals surface area contributed by atoms with Crippen molar-refractivity contribution in [3.05, 3.63) is 49.7 Å². The van der Waals surface area contributed by atoms with Crippen LogP contribution in [0.15, 0.2) is 22.7 Å². The third-order valence-electron chi connectivity index (χ3n) is 3.41. The molecule has 3 nitrogen and oxygen atoms in total. The first kappa shape index (κ1) is 16.8. The molecule has 0 saturated heterocycles. The number of hydrogen-bond acceptors (Lipinski definition) is 2. The first-order valence-electron chi connectivity index (χ1n) is 6.83. The first-order valence-corrected chi connectivity index (χ1v) is 8.38. The Hall–Kier alpha value is -0.550. The van der Waals surface area contributed by atoms with Crippen molar-refractivity contribution in [2.24, 2.45) is 5.73 Å². The highest BCUT2D eigenvalue weighted by atomic mass is 79.9. The Morgan fingerprint density at radius 2 is 2.05 bits per heavy atom. The highest BCUT2D eigenvalue weighted by molar-refractivity contribution is 9.10. The zero-order valence-corrected chi connectivity index (χ0v) is 15.1. The minimum Gasteiger partial charge on any atom is -0.327 e. The molecule has 2 aromatic rings. The molecule has 0 aliphatic carbocycles. The van der Waals surface area contributed by atoms with Gasteiger partial charge in [-0.2, -0.15) is 5.10 Å². The van der Waals surface area contributed by atoms with Crippen LogP contribution in [-0.4, -0.2) is 15.8 Å². The van der Waals surface area contributed by atoms with Crippen LogP contribution in [0.4, 0.5) is 0 Å². The van der Waals surface area contributed by atoms with Gasteiger partial charge in [0.2, 0.25) is 0 Å². The topological polar surface area (TPSA) is 43.8 Å². The van der Waals surface area contributed by atoms with Crippen LogP contribution in [0, 0.1) is 6.92 Å². The fourth-order valence-corrected chi connectivity index (χ4v) is 3.29. The molecule has 0 radical (unpaired) electrons. The number of aromatic nitrogens is 2. The third-order valence-corrected chi connectivity index (χ3v) is 5.02. The normalized spacial score (nSPS) is 12.7. The van der Waals surface area contributed by atoms with Crippen LogP contribution in [0.1, 0.15) is 23.9 Å². The monoisotopic (exact) mass is 389 g/mol. The van der Waals surface area contributed by atoms with Gasteiger partial charge in [-0.15, -0.1) is 0 Å². The summed E-state index contributed by atoms with van der Waals surface area (Å²) < 4.78 is 3.03. The molecule has 6 heteroatoms. The summed E-state index contributed by atoms with van der Waals surface area (Å²) >= 11 is 15.7. The number of nitrogens with zero attached hydrogens (tertiary/aromatic N) is 2. The summed E-state index contributed by atoms with van der Waals surface area (Å²) in [4.78, 5) is 0. The van der Waals surface area contributed by atoms with Gasteiger partial charge in [-0.3, -0.25) is 4.68 Å². The van der Waals surface area contributed by atoms with Gasteiger partial charge in [-0.05, 0) is 53.9 Å². The van der Waals surface area contributed by atoms with Crippen LogP contribution in [0.25, 0.3) is 0 Å². The van der Waals surface area contributed by atoms with Crippen molar-refractivity contribution in [1.82, 2.24) is 9.78 Å². The van der Waals surface area contributed by atoms with E-state index < -0.39 is 0 Å². The molecule has 0 fully saturated rings. The average Bonchev–Trinajstić information content (AvgIpc) is 2.69. The van der Waals surface area contributed by atoms with Crippen molar-refractivity contribution >= 4 is 39.1 Å². The molecule has 21 heavy (non-hydrogen) atoms. The van der Waals surface area contributed by atoms with Crippen LogP contribution in [0.5, 0.6) is 0 Å². The molecule has 1 atom stereocenters. The Bertz CT molecular complexity index is 640. The highest BCUT2D eigenvalue weighted by Crippen LogP contribution is 2.25. The summed E-state index contributed by atoms with van der Waals surface area (Å²) in [5.74, 6) is 0. The molecule has 1 unspecified atom stereocenters. The summed E-state index contributed by atoms with van der Waals surface area (Å²) in [6.45, 7) is 4.89. The summed E-state index contributed by atoms with van der Waals surface area (Å²) in [7, 11) is 0. The molecule has 1 heterocycles. The van der Waals surface area contributed by atoms with Crippen LogP contribution in [0.2, 0.25) is 10.0 Å². The van der Waals surface area contributed by atoms with E-state index in [-0.39, 0.29) is 6.04 Å². The van der Waals surface area contributed by atoms with E-state index in [1.807, 2.05) is 23.7 Å². The van der Waals surface area contributed by atoms with E-state index in [9.17, 15) is 0 Å². The molecule has 114 valence electrons. The smallest absolute Gasteiger partial charge is 0.0738 e. The van der Waals surface area contributed by atoms with E-state index in [1.54, 1.807) is 6.07 Å². The van der Waals surface area contributed by atoms with Gasteiger partial charge in [0.15, 0.2) is 0 Å². The molecule has 1 aromatic heterocycles. The second-order valence-electron chi connectivity index (χ2n) is 5.07. The van der Waals surface area contributed by atoms with Crippen molar-refractivity contribution in [1.29, 1.82) is 0 Å². The van der Waals surface area contributed by atoms with E-state index in [4.69, 9.17) is 28.9 Å². The number of rotatable bonds is 5. The maximum atomic E-state index is 6.29. The first-order chi connectivity index (χ1) is 9.92. The number of aryl methyl sites for hydroxylation is 2. The maximum Gasteiger partial charge on any atom is 0.0738 e. The zero-order valence-electron chi connectivity index (χ0n) is 12.0. The van der Waals surface area contributed by atoms with Crippen LogP contribution >= 0.6 is 39.1 Å². The van der Waals surface area contributed by atoms with E-state index in [1.165, 1.54) is 0 Å². The average molecular weight is 391 g/mol. The summed E-state index contributed by atoms with van der Waals surface area (Å²) in [6, 6.07) is 5.50. The van der Waals surface area contributed by atoms with Crippen molar-refractivity contribution in [3.63, 3.8) is 0 Å². The number of hydrogen-bond donors (Lipinski definition) is 1. The van der Waals surface area contributed by atoms with Gasteiger partial charge in [0.05, 0.1) is 15.9 Å². The van der Waals surface area contributed by atoms with Gasteiger partial charge in [-0.1, -0.05) is 29.3 Å². The predicted molar refractivity (Wildman–Crippen MR) is 92.2 cm³/mol. The highest BCUT2D eigenvalue weighted by Gasteiger charge is 2.16. The van der Waals surface area contributed by atoms with Crippen molar-refractivity contribution in [3.8, 4) is 0 Å². The predicted octanol–water partition coefficient (Wildman–Crippen LogP) is 4.39. The zero-order chi connectivity index (χ0) is 15.6. The molecule has 2 N–H and O–H groups in total. The number of halogens is 3. The lowest BCUT2D eigenvalue weighted by molar-refractivity contribution is 0.573. The van der Waals surface area contributed by atoms with Crippen molar-refractivity contribution in [2.75, 3.05) is 0 Å². The standard InChI is InChI=1S/C15H18BrCl2N3/c1-3-21-14(15(16)9(2)20-21)8-12(19)6-10-4-5-11(17)7-13(10)18/h4-5,7,12H,3,6,8,19H2,1-2H3. The summed E-state index contributed by atoms with van der Waals surface area (Å²) in [5.41, 5.74) is 9.43. The van der Waals surface area contributed by atoms with E-state index in [0.29, 0.717) is 16.5 Å². The summed E-state index contributed by atoms with van der Waals surface area (Å²) in [5, 5.41) is 5.79. The fourth-order valence-electron chi connectivity index (χ4n) is 2.35. The molecule has 2 rings (SSSR count). The Kier molecular flexibility index (Phi) is 5.72. The quantitative estimate of drug-likeness (QED) is 0.822. The molecule has 0 aliphatic heterocycles. The SMILES string of the molecule is CCn1nc(C)c(Br)c1CC(N)Cc1ccc(Cl)cc1Cl. The fraction of sp³-hybridized carbons (Fsp3) is 0.400. The minimum absolute atomic E-state index is 0.0265. The molecule has 0 amide bonds. The van der Waals surface area contributed by atoms with Crippen molar-refractivity contribution < 1.29 is 0 Å². The minimum atomic E-state index is -0.0265. The molecule has 0 aliphatic rings. The van der Waals surface area contributed by atoms with Gasteiger partial charge >= 0.3 is 0 Å². The van der Waals surface area contributed by atoms with E-state index in [0.717, 1.165) is 34.4 Å². The lowest BCUT2D eigenvalue weighted by atomic mass is 10.0. The molecule has 0 bridgehead atoms. The molecule has 0 spiro atoms. The lowest BCUT2D eigenvalue weighted by Gasteiger charge is -2.14. The number of nitrogens with two attached hydrogens (primary N) is 1. The molecule has 0 saturated carbocycles. The van der Waals surface area contributed by atoms with Crippen LogP contribution in [-0.2, 0) is 19.4 Å². The second kappa shape index (κ2) is 7.14. The van der Waals surface area contributed by atoms with E-state index in [2.05, 4.69) is 28.0 Å². The maximum absolute atomic E-state index is 6.29. The lowest BCUT2D eigenvalue weighted by Crippen LogP contribution is -2.27. The third kappa shape index (κ3) is 4.01. The van der Waals surface area contributed by atoms with Crippen molar-refractivity contribution in [2.45, 2.75) is 39.3 Å². The largest absolute Gasteiger partial charge is 0.327 e. The Morgan fingerprint density at radius 3 is 2.67 bits per heavy atom. The van der Waals surface area contributed by atoms with Gasteiger partial charge in [0.25, 0.3) is 0 Å². The van der Waals surface area contributed by atoms with Gasteiger partial charge in [-0.25, -0.2) is 0 Å².